The SMILES string of the molecule is COc1ccc(C)cc1CN1CCN(c2ncnc3sc4c(c23)CCCC4)CC1. The van der Waals surface area contributed by atoms with Crippen LogP contribution in [-0.4, -0.2) is 48.2 Å². The van der Waals surface area contributed by atoms with Crippen LogP contribution in [0.15, 0.2) is 24.5 Å². The van der Waals surface area contributed by atoms with E-state index in [2.05, 4.69) is 39.9 Å². The number of nitrogens with zero attached hydrogens (tertiary/aromatic N) is 4. The Balaban J connectivity index is 1.34. The Morgan fingerprint density at radius 1 is 1.07 bits per heavy atom. The van der Waals surface area contributed by atoms with Gasteiger partial charge >= 0.3 is 0 Å². The van der Waals surface area contributed by atoms with Crippen molar-refractivity contribution in [3.63, 3.8) is 0 Å². The van der Waals surface area contributed by atoms with E-state index in [1.54, 1.807) is 13.4 Å². The maximum atomic E-state index is 5.57. The van der Waals surface area contributed by atoms with Crippen molar-refractivity contribution < 1.29 is 4.74 Å². The molecule has 3 aromatic rings. The average Bonchev–Trinajstić information content (AvgIpc) is 3.13. The predicted octanol–water partition coefficient (Wildman–Crippen LogP) is 4.21. The second-order valence-electron chi connectivity index (χ2n) is 8.17. The molecule has 1 aliphatic carbocycles. The minimum absolute atomic E-state index is 0.936. The van der Waals surface area contributed by atoms with Crippen molar-refractivity contribution in [2.45, 2.75) is 39.2 Å². The molecule has 1 aliphatic heterocycles. The van der Waals surface area contributed by atoms with Crippen LogP contribution in [0.4, 0.5) is 5.82 Å². The van der Waals surface area contributed by atoms with Gasteiger partial charge in [-0.2, -0.15) is 0 Å². The first-order valence-electron chi connectivity index (χ1n) is 10.6. The first kappa shape index (κ1) is 18.8. The molecule has 0 atom stereocenters. The van der Waals surface area contributed by atoms with Crippen molar-refractivity contribution in [1.82, 2.24) is 14.9 Å². The lowest BCUT2D eigenvalue weighted by atomic mass is 9.97. The van der Waals surface area contributed by atoms with Crippen molar-refractivity contribution in [3.8, 4) is 5.75 Å². The minimum Gasteiger partial charge on any atom is -0.496 e. The van der Waals surface area contributed by atoms with E-state index in [-0.39, 0.29) is 0 Å². The standard InChI is InChI=1S/C23H28N4OS/c1-16-7-8-19(28-2)17(13-16)14-26-9-11-27(12-10-26)22-21-18-5-3-4-6-20(18)29-23(21)25-15-24-22/h7-8,13,15H,3-6,9-12,14H2,1-2H3. The summed E-state index contributed by atoms with van der Waals surface area (Å²) in [5.74, 6) is 2.14. The Kier molecular flexibility index (Phi) is 5.14. The van der Waals surface area contributed by atoms with Gasteiger partial charge < -0.3 is 9.64 Å². The molecule has 0 unspecified atom stereocenters. The quantitative estimate of drug-likeness (QED) is 0.647. The lowest BCUT2D eigenvalue weighted by Crippen LogP contribution is -2.46. The van der Waals surface area contributed by atoms with Crippen molar-refractivity contribution >= 4 is 27.4 Å². The molecule has 0 radical (unpaired) electrons. The van der Waals surface area contributed by atoms with E-state index in [0.717, 1.165) is 44.3 Å². The van der Waals surface area contributed by atoms with Crippen LogP contribution in [0.25, 0.3) is 10.2 Å². The second-order valence-corrected chi connectivity index (χ2v) is 9.25. The number of aryl methyl sites for hydroxylation is 3. The average molecular weight is 409 g/mol. The summed E-state index contributed by atoms with van der Waals surface area (Å²) in [6.07, 6.45) is 6.75. The maximum Gasteiger partial charge on any atom is 0.141 e. The van der Waals surface area contributed by atoms with Crippen LogP contribution in [-0.2, 0) is 19.4 Å². The van der Waals surface area contributed by atoms with E-state index in [1.165, 1.54) is 57.5 Å². The van der Waals surface area contributed by atoms with Gasteiger partial charge in [-0.15, -0.1) is 11.3 Å². The zero-order valence-corrected chi connectivity index (χ0v) is 18.1. The van der Waals surface area contributed by atoms with Gasteiger partial charge in [0, 0.05) is 43.2 Å². The van der Waals surface area contributed by atoms with Gasteiger partial charge in [-0.05, 0) is 44.2 Å². The molecule has 0 spiro atoms. The van der Waals surface area contributed by atoms with Gasteiger partial charge in [-0.3, -0.25) is 4.90 Å². The smallest absolute Gasteiger partial charge is 0.141 e. The van der Waals surface area contributed by atoms with Gasteiger partial charge in [0.05, 0.1) is 12.5 Å². The molecule has 1 saturated heterocycles. The molecule has 1 aromatic carbocycles. The van der Waals surface area contributed by atoms with Gasteiger partial charge in [-0.1, -0.05) is 17.7 Å². The molecular weight excluding hydrogens is 380 g/mol. The number of benzene rings is 1. The minimum atomic E-state index is 0.936. The van der Waals surface area contributed by atoms with E-state index >= 15 is 0 Å². The number of anilines is 1. The van der Waals surface area contributed by atoms with Crippen LogP contribution in [0.5, 0.6) is 5.75 Å². The molecule has 0 bridgehead atoms. The van der Waals surface area contributed by atoms with Crippen molar-refractivity contribution in [1.29, 1.82) is 0 Å². The Hall–Kier alpha value is -2.18. The van der Waals surface area contributed by atoms with Gasteiger partial charge in [0.15, 0.2) is 0 Å². The largest absolute Gasteiger partial charge is 0.496 e. The van der Waals surface area contributed by atoms with E-state index in [9.17, 15) is 0 Å². The summed E-state index contributed by atoms with van der Waals surface area (Å²) >= 11 is 1.88. The Bertz CT molecular complexity index is 1020. The molecule has 29 heavy (non-hydrogen) atoms. The van der Waals surface area contributed by atoms with Gasteiger partial charge in [-0.25, -0.2) is 9.97 Å². The lowest BCUT2D eigenvalue weighted by Gasteiger charge is -2.36. The van der Waals surface area contributed by atoms with E-state index in [1.807, 2.05) is 11.3 Å². The summed E-state index contributed by atoms with van der Waals surface area (Å²) in [6, 6.07) is 6.44. The number of piperazine rings is 1. The highest BCUT2D eigenvalue weighted by Crippen LogP contribution is 2.39. The first-order valence-corrected chi connectivity index (χ1v) is 11.4. The molecule has 2 aliphatic rings. The number of fused-ring (bicyclic) bond motifs is 3. The summed E-state index contributed by atoms with van der Waals surface area (Å²) in [6.45, 7) is 7.16. The normalized spacial score (nSPS) is 17.5. The fourth-order valence-corrected chi connectivity index (χ4v) is 5.93. The van der Waals surface area contributed by atoms with Crippen LogP contribution in [0.1, 0.15) is 34.4 Å². The van der Waals surface area contributed by atoms with Crippen LogP contribution >= 0.6 is 11.3 Å². The predicted molar refractivity (Wildman–Crippen MR) is 119 cm³/mol. The molecule has 1 fully saturated rings. The van der Waals surface area contributed by atoms with E-state index in [4.69, 9.17) is 9.72 Å². The number of aromatic nitrogens is 2. The molecule has 0 saturated carbocycles. The zero-order chi connectivity index (χ0) is 19.8. The molecule has 152 valence electrons. The fraction of sp³-hybridized carbons (Fsp3) is 0.478. The zero-order valence-electron chi connectivity index (χ0n) is 17.3. The summed E-state index contributed by atoms with van der Waals surface area (Å²) in [5, 5.41) is 1.33. The number of ether oxygens (including phenoxy) is 1. The van der Waals surface area contributed by atoms with E-state index in [0.29, 0.717) is 0 Å². The molecular formula is C23H28N4OS. The topological polar surface area (TPSA) is 41.5 Å². The molecule has 5 rings (SSSR count). The van der Waals surface area contributed by atoms with Crippen molar-refractivity contribution in [2.24, 2.45) is 0 Å². The van der Waals surface area contributed by atoms with Crippen molar-refractivity contribution in [3.05, 3.63) is 46.1 Å². The number of hydrogen-bond donors (Lipinski definition) is 0. The third kappa shape index (κ3) is 3.60. The Labute approximate surface area is 176 Å². The van der Waals surface area contributed by atoms with Crippen LogP contribution in [0.2, 0.25) is 0 Å². The number of hydrogen-bond acceptors (Lipinski definition) is 6. The molecule has 3 heterocycles. The highest BCUT2D eigenvalue weighted by atomic mass is 32.1. The Morgan fingerprint density at radius 2 is 1.90 bits per heavy atom. The van der Waals surface area contributed by atoms with Crippen molar-refractivity contribution in [2.75, 3.05) is 38.2 Å². The molecule has 0 amide bonds. The van der Waals surface area contributed by atoms with Gasteiger partial charge in [0.2, 0.25) is 0 Å². The molecule has 2 aromatic heterocycles. The monoisotopic (exact) mass is 408 g/mol. The third-order valence-electron chi connectivity index (χ3n) is 6.23. The summed E-state index contributed by atoms with van der Waals surface area (Å²) in [4.78, 5) is 17.0. The maximum absolute atomic E-state index is 5.57. The van der Waals surface area contributed by atoms with Crippen LogP contribution < -0.4 is 9.64 Å². The van der Waals surface area contributed by atoms with Crippen LogP contribution in [0, 0.1) is 6.92 Å². The van der Waals surface area contributed by atoms with E-state index < -0.39 is 0 Å². The molecule has 6 heteroatoms. The lowest BCUT2D eigenvalue weighted by molar-refractivity contribution is 0.245. The number of rotatable bonds is 4. The Morgan fingerprint density at radius 3 is 2.72 bits per heavy atom. The first-order chi connectivity index (χ1) is 14.2. The van der Waals surface area contributed by atoms with Gasteiger partial charge in [0.25, 0.3) is 0 Å². The summed E-state index contributed by atoms with van der Waals surface area (Å²) in [5.41, 5.74) is 4.08. The van der Waals surface area contributed by atoms with Crippen LogP contribution in [0.3, 0.4) is 0 Å². The number of methoxy groups -OCH3 is 1. The third-order valence-corrected chi connectivity index (χ3v) is 7.43. The number of thiophene rings is 1. The molecule has 0 N–H and O–H groups in total. The summed E-state index contributed by atoms with van der Waals surface area (Å²) in [7, 11) is 1.76. The molecule has 5 nitrogen and oxygen atoms in total. The highest BCUT2D eigenvalue weighted by Gasteiger charge is 2.25. The highest BCUT2D eigenvalue weighted by molar-refractivity contribution is 7.19. The van der Waals surface area contributed by atoms with Gasteiger partial charge in [0.1, 0.15) is 22.7 Å². The second kappa shape index (κ2) is 7.92. The summed E-state index contributed by atoms with van der Waals surface area (Å²) < 4.78 is 5.57. The fourth-order valence-electron chi connectivity index (χ4n) is 4.70.